The zero-order valence-corrected chi connectivity index (χ0v) is 15.9. The summed E-state index contributed by atoms with van der Waals surface area (Å²) in [6.07, 6.45) is 2.68. The fourth-order valence-electron chi connectivity index (χ4n) is 2.63. The topological polar surface area (TPSA) is 53.6 Å². The average molecular weight is 355 g/mol. The largest absolute Gasteiger partial charge is 0.497 e. The van der Waals surface area contributed by atoms with E-state index in [2.05, 4.69) is 39.8 Å². The van der Waals surface area contributed by atoms with Crippen molar-refractivity contribution in [3.05, 3.63) is 59.7 Å². The summed E-state index contributed by atoms with van der Waals surface area (Å²) in [6.45, 7) is 1.29. The van der Waals surface area contributed by atoms with Crippen LogP contribution in [-0.4, -0.2) is 40.3 Å². The molecule has 0 radical (unpaired) electrons. The summed E-state index contributed by atoms with van der Waals surface area (Å²) >= 11 is 0. The molecule has 0 aliphatic carbocycles. The van der Waals surface area contributed by atoms with Gasteiger partial charge in [0.05, 0.1) is 7.11 Å². The van der Waals surface area contributed by atoms with Crippen LogP contribution in [0.1, 0.15) is 17.5 Å². The third-order valence-corrected chi connectivity index (χ3v) is 4.24. The van der Waals surface area contributed by atoms with E-state index in [0.717, 1.165) is 25.0 Å². The summed E-state index contributed by atoms with van der Waals surface area (Å²) in [5.74, 6) is 0.843. The number of hydrogen-bond donors (Lipinski definition) is 2. The zero-order valence-electron chi connectivity index (χ0n) is 15.9. The van der Waals surface area contributed by atoms with Crippen LogP contribution in [0.15, 0.2) is 48.5 Å². The molecule has 0 spiro atoms. The SMILES string of the molecule is COc1ccc(CCNC(=O)NCCCc2ccc(N(C)C)cc2)cc1. The van der Waals surface area contributed by atoms with Crippen molar-refractivity contribution in [1.82, 2.24) is 10.6 Å². The van der Waals surface area contributed by atoms with Gasteiger partial charge in [-0.3, -0.25) is 0 Å². The lowest BCUT2D eigenvalue weighted by Gasteiger charge is -2.12. The van der Waals surface area contributed by atoms with E-state index in [1.54, 1.807) is 7.11 Å². The van der Waals surface area contributed by atoms with Crippen LogP contribution in [0.2, 0.25) is 0 Å². The van der Waals surface area contributed by atoms with Gasteiger partial charge < -0.3 is 20.3 Å². The van der Waals surface area contributed by atoms with Gasteiger partial charge in [0.25, 0.3) is 0 Å². The van der Waals surface area contributed by atoms with Gasteiger partial charge in [-0.15, -0.1) is 0 Å². The Bertz CT molecular complexity index is 667. The molecule has 0 heterocycles. The summed E-state index contributed by atoms with van der Waals surface area (Å²) < 4.78 is 5.13. The molecule has 5 heteroatoms. The summed E-state index contributed by atoms with van der Waals surface area (Å²) in [7, 11) is 5.72. The van der Waals surface area contributed by atoms with Crippen molar-refractivity contribution in [2.45, 2.75) is 19.3 Å². The van der Waals surface area contributed by atoms with Crippen LogP contribution in [-0.2, 0) is 12.8 Å². The third-order valence-electron chi connectivity index (χ3n) is 4.24. The first-order valence-electron chi connectivity index (χ1n) is 8.99. The molecule has 0 unspecified atom stereocenters. The molecule has 2 aromatic carbocycles. The van der Waals surface area contributed by atoms with Gasteiger partial charge in [0.2, 0.25) is 0 Å². The molecular weight excluding hydrogens is 326 g/mol. The standard InChI is InChI=1S/C21H29N3O2/c1-24(2)19-10-6-17(7-11-19)5-4-15-22-21(25)23-16-14-18-8-12-20(26-3)13-9-18/h6-13H,4-5,14-16H2,1-3H3,(H2,22,23,25). The number of nitrogens with zero attached hydrogens (tertiary/aromatic N) is 1. The van der Waals surface area contributed by atoms with E-state index >= 15 is 0 Å². The molecule has 2 aromatic rings. The first kappa shape index (κ1) is 19.6. The van der Waals surface area contributed by atoms with Crippen molar-refractivity contribution in [2.24, 2.45) is 0 Å². The van der Waals surface area contributed by atoms with Gasteiger partial charge in [0, 0.05) is 32.9 Å². The van der Waals surface area contributed by atoms with Crippen molar-refractivity contribution in [1.29, 1.82) is 0 Å². The third kappa shape index (κ3) is 6.67. The average Bonchev–Trinajstić information content (AvgIpc) is 2.66. The van der Waals surface area contributed by atoms with Crippen LogP contribution < -0.4 is 20.3 Å². The van der Waals surface area contributed by atoms with Crippen LogP contribution >= 0.6 is 0 Å². The minimum Gasteiger partial charge on any atom is -0.497 e. The number of urea groups is 1. The van der Waals surface area contributed by atoms with Gasteiger partial charge in [-0.25, -0.2) is 4.79 Å². The summed E-state index contributed by atoms with van der Waals surface area (Å²) in [5, 5.41) is 5.80. The molecule has 140 valence electrons. The maximum atomic E-state index is 11.8. The Hall–Kier alpha value is -2.69. The van der Waals surface area contributed by atoms with E-state index in [1.807, 2.05) is 38.4 Å². The van der Waals surface area contributed by atoms with Gasteiger partial charge in [0.1, 0.15) is 5.75 Å². The molecule has 0 saturated carbocycles. The van der Waals surface area contributed by atoms with Gasteiger partial charge in [-0.2, -0.15) is 0 Å². The van der Waals surface area contributed by atoms with Crippen molar-refractivity contribution in [3.8, 4) is 5.75 Å². The Balaban J connectivity index is 1.58. The lowest BCUT2D eigenvalue weighted by atomic mass is 10.1. The zero-order chi connectivity index (χ0) is 18.8. The van der Waals surface area contributed by atoms with Crippen LogP contribution in [0.25, 0.3) is 0 Å². The van der Waals surface area contributed by atoms with Gasteiger partial charge in [-0.05, 0) is 54.7 Å². The second kappa shape index (κ2) is 10.3. The van der Waals surface area contributed by atoms with Gasteiger partial charge in [0.15, 0.2) is 0 Å². The molecule has 0 atom stereocenters. The Morgan fingerprint density at radius 3 is 2.08 bits per heavy atom. The molecule has 0 saturated heterocycles. The molecule has 0 aliphatic heterocycles. The molecule has 26 heavy (non-hydrogen) atoms. The van der Waals surface area contributed by atoms with Crippen molar-refractivity contribution < 1.29 is 9.53 Å². The van der Waals surface area contributed by atoms with Crippen LogP contribution in [0.3, 0.4) is 0 Å². The fraction of sp³-hybridized carbons (Fsp3) is 0.381. The smallest absolute Gasteiger partial charge is 0.314 e. The minimum absolute atomic E-state index is 0.110. The first-order valence-corrected chi connectivity index (χ1v) is 8.99. The molecular formula is C21H29N3O2. The van der Waals surface area contributed by atoms with Gasteiger partial charge in [-0.1, -0.05) is 24.3 Å². The highest BCUT2D eigenvalue weighted by atomic mass is 16.5. The van der Waals surface area contributed by atoms with E-state index in [0.29, 0.717) is 13.1 Å². The molecule has 2 rings (SSSR count). The van der Waals surface area contributed by atoms with Crippen molar-refractivity contribution >= 4 is 11.7 Å². The van der Waals surface area contributed by atoms with Crippen molar-refractivity contribution in [2.75, 3.05) is 39.2 Å². The van der Waals surface area contributed by atoms with E-state index in [-0.39, 0.29) is 6.03 Å². The molecule has 5 nitrogen and oxygen atoms in total. The molecule has 0 fully saturated rings. The predicted octanol–water partition coefficient (Wildman–Crippen LogP) is 3.24. The van der Waals surface area contributed by atoms with Crippen LogP contribution in [0.4, 0.5) is 10.5 Å². The number of aryl methyl sites for hydroxylation is 1. The number of rotatable bonds is 9. The van der Waals surface area contributed by atoms with Gasteiger partial charge >= 0.3 is 6.03 Å². The number of hydrogen-bond acceptors (Lipinski definition) is 3. The van der Waals surface area contributed by atoms with Crippen molar-refractivity contribution in [3.63, 3.8) is 0 Å². The monoisotopic (exact) mass is 355 g/mol. The number of ether oxygens (including phenoxy) is 1. The van der Waals surface area contributed by atoms with Crippen LogP contribution in [0, 0.1) is 0 Å². The quantitative estimate of drug-likeness (QED) is 0.679. The molecule has 2 amide bonds. The maximum absolute atomic E-state index is 11.8. The number of anilines is 1. The van der Waals surface area contributed by atoms with E-state index in [1.165, 1.54) is 16.8 Å². The second-order valence-corrected chi connectivity index (χ2v) is 6.45. The maximum Gasteiger partial charge on any atom is 0.314 e. The Morgan fingerprint density at radius 2 is 1.46 bits per heavy atom. The Morgan fingerprint density at radius 1 is 0.885 bits per heavy atom. The highest BCUT2D eigenvalue weighted by Crippen LogP contribution is 2.13. The van der Waals surface area contributed by atoms with Crippen LogP contribution in [0.5, 0.6) is 5.75 Å². The number of nitrogens with one attached hydrogen (secondary N) is 2. The Labute approximate surface area is 156 Å². The number of carbonyl (C=O) groups is 1. The normalized spacial score (nSPS) is 10.3. The fourth-order valence-corrected chi connectivity index (χ4v) is 2.63. The van der Waals surface area contributed by atoms with E-state index in [9.17, 15) is 4.79 Å². The lowest BCUT2D eigenvalue weighted by Crippen LogP contribution is -2.37. The number of benzene rings is 2. The first-order chi connectivity index (χ1) is 12.6. The number of carbonyl (C=O) groups excluding carboxylic acids is 1. The highest BCUT2D eigenvalue weighted by molar-refractivity contribution is 5.73. The van der Waals surface area contributed by atoms with E-state index < -0.39 is 0 Å². The molecule has 2 N–H and O–H groups in total. The molecule has 0 bridgehead atoms. The molecule has 0 aromatic heterocycles. The highest BCUT2D eigenvalue weighted by Gasteiger charge is 2.01. The Kier molecular flexibility index (Phi) is 7.80. The number of methoxy groups -OCH3 is 1. The summed E-state index contributed by atoms with van der Waals surface area (Å²) in [6, 6.07) is 16.3. The predicted molar refractivity (Wildman–Crippen MR) is 107 cm³/mol. The second-order valence-electron chi connectivity index (χ2n) is 6.45. The molecule has 0 aliphatic rings. The van der Waals surface area contributed by atoms with E-state index in [4.69, 9.17) is 4.74 Å². The summed E-state index contributed by atoms with van der Waals surface area (Å²) in [5.41, 5.74) is 3.66. The number of amides is 2. The lowest BCUT2D eigenvalue weighted by molar-refractivity contribution is 0.241. The minimum atomic E-state index is -0.110. The summed E-state index contributed by atoms with van der Waals surface area (Å²) in [4.78, 5) is 13.9.